The number of carbonyl (C=O) groups is 1. The summed E-state index contributed by atoms with van der Waals surface area (Å²) in [6.45, 7) is 10.1. The third-order valence-electron chi connectivity index (χ3n) is 5.85. The highest BCUT2D eigenvalue weighted by Crippen LogP contribution is 2.32. The van der Waals surface area contributed by atoms with Gasteiger partial charge >= 0.3 is 5.97 Å². The highest BCUT2D eigenvalue weighted by molar-refractivity contribution is 7.07. The molecule has 0 radical (unpaired) electrons. The first-order valence-electron chi connectivity index (χ1n) is 12.3. The van der Waals surface area contributed by atoms with Gasteiger partial charge in [-0.3, -0.25) is 9.36 Å². The monoisotopic (exact) mass is 534 g/mol. The van der Waals surface area contributed by atoms with Gasteiger partial charge in [0, 0.05) is 0 Å². The summed E-state index contributed by atoms with van der Waals surface area (Å²) in [5, 5.41) is 0. The fraction of sp³-hybridized carbons (Fsp3) is 0.276. The standard InChI is InChI=1S/C29H30N2O6S/c1-6-14-37-22-13-12-19(15-23(22)35-7-2)16-24-27(32)31-26(20-10-9-11-21(17-20)34-5)25(28(33)36-8-3)18(4)30-29(31)38-24/h6,9-13,15-17,26H,1,7-8,14H2,2-5H3/b24-16-/t26-/m1/s1. The number of rotatable bonds is 10. The van der Waals surface area contributed by atoms with E-state index in [9.17, 15) is 9.59 Å². The van der Waals surface area contributed by atoms with Gasteiger partial charge in [-0.2, -0.15) is 0 Å². The summed E-state index contributed by atoms with van der Waals surface area (Å²) < 4.78 is 24.2. The lowest BCUT2D eigenvalue weighted by Gasteiger charge is -2.25. The second-order valence-corrected chi connectivity index (χ2v) is 9.33. The maximum Gasteiger partial charge on any atom is 0.338 e. The minimum atomic E-state index is -0.712. The Kier molecular flexibility index (Phi) is 8.48. The van der Waals surface area contributed by atoms with Crippen molar-refractivity contribution < 1.29 is 23.7 Å². The van der Waals surface area contributed by atoms with Gasteiger partial charge in [-0.15, -0.1) is 0 Å². The Balaban J connectivity index is 1.88. The molecule has 1 aliphatic heterocycles. The Bertz CT molecular complexity index is 1570. The maximum absolute atomic E-state index is 13.8. The number of hydrogen-bond acceptors (Lipinski definition) is 8. The fourth-order valence-electron chi connectivity index (χ4n) is 4.22. The number of benzene rings is 2. The highest BCUT2D eigenvalue weighted by Gasteiger charge is 2.33. The second-order valence-electron chi connectivity index (χ2n) is 8.32. The van der Waals surface area contributed by atoms with Crippen molar-refractivity contribution in [1.82, 2.24) is 4.57 Å². The fourth-order valence-corrected chi connectivity index (χ4v) is 5.27. The minimum Gasteiger partial charge on any atom is -0.497 e. The maximum atomic E-state index is 13.8. The van der Waals surface area contributed by atoms with Crippen LogP contribution in [-0.4, -0.2) is 37.5 Å². The third-order valence-corrected chi connectivity index (χ3v) is 6.83. The topological polar surface area (TPSA) is 88.4 Å². The van der Waals surface area contributed by atoms with Crippen LogP contribution in [0, 0.1) is 0 Å². The van der Waals surface area contributed by atoms with Crippen LogP contribution < -0.4 is 29.1 Å². The van der Waals surface area contributed by atoms with Gasteiger partial charge in [0.15, 0.2) is 16.3 Å². The molecule has 0 bridgehead atoms. The summed E-state index contributed by atoms with van der Waals surface area (Å²) in [6.07, 6.45) is 3.45. The number of ether oxygens (including phenoxy) is 4. The lowest BCUT2D eigenvalue weighted by Crippen LogP contribution is -2.39. The average molecular weight is 535 g/mol. The van der Waals surface area contributed by atoms with Crippen LogP contribution in [0.25, 0.3) is 6.08 Å². The van der Waals surface area contributed by atoms with E-state index in [0.29, 0.717) is 51.1 Å². The van der Waals surface area contributed by atoms with Crippen LogP contribution in [0.15, 0.2) is 76.2 Å². The van der Waals surface area contributed by atoms with Crippen LogP contribution in [0.3, 0.4) is 0 Å². The Hall–Kier alpha value is -4.11. The van der Waals surface area contributed by atoms with Crippen molar-refractivity contribution in [3.8, 4) is 17.2 Å². The first-order valence-corrected chi connectivity index (χ1v) is 13.1. The summed E-state index contributed by atoms with van der Waals surface area (Å²) in [6, 6.07) is 12.1. The van der Waals surface area contributed by atoms with Crippen LogP contribution >= 0.6 is 11.3 Å². The number of nitrogens with zero attached hydrogens (tertiary/aromatic N) is 2. The van der Waals surface area contributed by atoms with Crippen molar-refractivity contribution in [2.45, 2.75) is 26.8 Å². The second kappa shape index (κ2) is 12.0. The van der Waals surface area contributed by atoms with E-state index in [4.69, 9.17) is 18.9 Å². The van der Waals surface area contributed by atoms with Crippen molar-refractivity contribution in [3.05, 3.63) is 97.2 Å². The molecule has 198 valence electrons. The zero-order chi connectivity index (χ0) is 27.2. The number of thiazole rings is 1. The molecule has 0 aliphatic carbocycles. The van der Waals surface area contributed by atoms with Crippen LogP contribution in [-0.2, 0) is 9.53 Å². The molecule has 1 atom stereocenters. The van der Waals surface area contributed by atoms with Gasteiger partial charge < -0.3 is 18.9 Å². The van der Waals surface area contributed by atoms with E-state index >= 15 is 0 Å². The number of carbonyl (C=O) groups excluding carboxylic acids is 1. The van der Waals surface area contributed by atoms with Crippen molar-refractivity contribution in [2.75, 3.05) is 26.9 Å². The third kappa shape index (κ3) is 5.43. The number of hydrogen-bond donors (Lipinski definition) is 0. The molecule has 8 nitrogen and oxygen atoms in total. The van der Waals surface area contributed by atoms with E-state index in [-0.39, 0.29) is 12.2 Å². The molecule has 3 aromatic rings. The summed E-state index contributed by atoms with van der Waals surface area (Å²) in [5.74, 6) is 1.28. The van der Waals surface area contributed by atoms with Crippen LogP contribution in [0.2, 0.25) is 0 Å². The molecule has 0 unspecified atom stereocenters. The normalized spacial score (nSPS) is 14.9. The highest BCUT2D eigenvalue weighted by atomic mass is 32.1. The Morgan fingerprint density at radius 3 is 2.66 bits per heavy atom. The predicted octanol–water partition coefficient (Wildman–Crippen LogP) is 3.77. The largest absolute Gasteiger partial charge is 0.497 e. The molecule has 0 saturated carbocycles. The molecule has 1 aliphatic rings. The lowest BCUT2D eigenvalue weighted by molar-refractivity contribution is -0.139. The number of aromatic nitrogens is 1. The molecule has 4 rings (SSSR count). The van der Waals surface area contributed by atoms with E-state index in [1.54, 1.807) is 43.7 Å². The van der Waals surface area contributed by atoms with E-state index in [2.05, 4.69) is 11.6 Å². The number of fused-ring (bicyclic) bond motifs is 1. The minimum absolute atomic E-state index is 0.208. The molecule has 0 fully saturated rings. The average Bonchev–Trinajstić information content (AvgIpc) is 3.21. The molecule has 0 spiro atoms. The van der Waals surface area contributed by atoms with E-state index in [0.717, 1.165) is 11.1 Å². The zero-order valence-electron chi connectivity index (χ0n) is 21.9. The van der Waals surface area contributed by atoms with Gasteiger partial charge in [-0.05, 0) is 62.2 Å². The Morgan fingerprint density at radius 2 is 1.95 bits per heavy atom. The molecule has 0 N–H and O–H groups in total. The first-order chi connectivity index (χ1) is 18.4. The number of methoxy groups -OCH3 is 1. The van der Waals surface area contributed by atoms with Gasteiger partial charge in [0.1, 0.15) is 12.4 Å². The van der Waals surface area contributed by atoms with Crippen LogP contribution in [0.4, 0.5) is 0 Å². The van der Waals surface area contributed by atoms with Gasteiger partial charge in [-0.1, -0.05) is 42.2 Å². The predicted molar refractivity (Wildman–Crippen MR) is 147 cm³/mol. The van der Waals surface area contributed by atoms with Crippen LogP contribution in [0.5, 0.6) is 17.2 Å². The SMILES string of the molecule is C=CCOc1ccc(/C=c2\sc3n(c2=O)[C@H](c2cccc(OC)c2)C(C(=O)OCC)=C(C)N=3)cc1OCC. The molecule has 9 heteroatoms. The molecule has 2 heterocycles. The molecular formula is C29H30N2O6S. The molecular weight excluding hydrogens is 504 g/mol. The van der Waals surface area contributed by atoms with Gasteiger partial charge in [0.2, 0.25) is 0 Å². The smallest absolute Gasteiger partial charge is 0.338 e. The molecule has 0 amide bonds. The van der Waals surface area contributed by atoms with Crippen molar-refractivity contribution >= 4 is 23.4 Å². The quantitative estimate of drug-likeness (QED) is 0.291. The molecule has 0 saturated heterocycles. The Labute approximate surface area is 224 Å². The van der Waals surface area contributed by atoms with E-state index in [1.165, 1.54) is 11.3 Å². The van der Waals surface area contributed by atoms with Gasteiger partial charge in [0.25, 0.3) is 5.56 Å². The molecule has 38 heavy (non-hydrogen) atoms. The first kappa shape index (κ1) is 26.9. The van der Waals surface area contributed by atoms with Gasteiger partial charge in [-0.25, -0.2) is 9.79 Å². The summed E-state index contributed by atoms with van der Waals surface area (Å²) in [4.78, 5) is 32.0. The Morgan fingerprint density at radius 1 is 1.13 bits per heavy atom. The van der Waals surface area contributed by atoms with Gasteiger partial charge in [0.05, 0.1) is 42.2 Å². The van der Waals surface area contributed by atoms with Crippen molar-refractivity contribution in [3.63, 3.8) is 0 Å². The molecule has 1 aromatic heterocycles. The van der Waals surface area contributed by atoms with Crippen molar-refractivity contribution in [2.24, 2.45) is 4.99 Å². The van der Waals surface area contributed by atoms with Crippen LogP contribution in [0.1, 0.15) is 37.9 Å². The zero-order valence-corrected chi connectivity index (χ0v) is 22.7. The summed E-state index contributed by atoms with van der Waals surface area (Å²) in [5.41, 5.74) is 2.05. The number of esters is 1. The number of allylic oxidation sites excluding steroid dienone is 1. The summed E-state index contributed by atoms with van der Waals surface area (Å²) >= 11 is 1.26. The van der Waals surface area contributed by atoms with E-state index < -0.39 is 12.0 Å². The van der Waals surface area contributed by atoms with E-state index in [1.807, 2.05) is 43.3 Å². The lowest BCUT2D eigenvalue weighted by atomic mass is 9.95. The van der Waals surface area contributed by atoms with Crippen molar-refractivity contribution in [1.29, 1.82) is 0 Å². The molecule has 2 aromatic carbocycles. The summed E-state index contributed by atoms with van der Waals surface area (Å²) in [7, 11) is 1.57.